The molecule has 4 aromatic carbocycles. The van der Waals surface area contributed by atoms with Gasteiger partial charge in [-0.15, -0.1) is 35.7 Å². The summed E-state index contributed by atoms with van der Waals surface area (Å²) >= 11 is 0. The minimum absolute atomic E-state index is 0. The van der Waals surface area contributed by atoms with E-state index in [1.165, 1.54) is 22.3 Å². The van der Waals surface area contributed by atoms with Gasteiger partial charge in [0.2, 0.25) is 0 Å². The van der Waals surface area contributed by atoms with Crippen LogP contribution >= 0.6 is 0 Å². The van der Waals surface area contributed by atoms with Gasteiger partial charge in [-0.1, -0.05) is 35.8 Å². The smallest absolute Gasteiger partial charge is 0.509 e. The molecule has 0 atom stereocenters. The Morgan fingerprint density at radius 3 is 2.18 bits per heavy atom. The molecule has 0 bridgehead atoms. The average Bonchev–Trinajstić information content (AvgIpc) is 3.57. The van der Waals surface area contributed by atoms with Gasteiger partial charge in [0, 0.05) is 46.9 Å². The maximum atomic E-state index is 6.42. The van der Waals surface area contributed by atoms with Gasteiger partial charge in [-0.3, -0.25) is 9.67 Å². The van der Waals surface area contributed by atoms with Crippen molar-refractivity contribution in [1.29, 1.82) is 0 Å². The van der Waals surface area contributed by atoms with E-state index in [2.05, 4.69) is 105 Å². The van der Waals surface area contributed by atoms with E-state index < -0.39 is 0 Å². The van der Waals surface area contributed by atoms with Gasteiger partial charge in [-0.05, 0) is 109 Å². The summed E-state index contributed by atoms with van der Waals surface area (Å²) in [5.74, 6) is 2.03. The number of ether oxygens (including phenoxy) is 1. The van der Waals surface area contributed by atoms with E-state index in [0.717, 1.165) is 61.4 Å². The van der Waals surface area contributed by atoms with Crippen LogP contribution in [0.2, 0.25) is 0 Å². The van der Waals surface area contributed by atoms with E-state index in [1.54, 1.807) is 0 Å². The molecule has 4 aromatic heterocycles. The molecule has 0 aliphatic rings. The molecule has 4 heterocycles. The third-order valence-corrected chi connectivity index (χ3v) is 8.98. The van der Waals surface area contributed by atoms with Gasteiger partial charge in [0.25, 0.3) is 0 Å². The second-order valence-electron chi connectivity index (χ2n) is 12.3. The average molecular weight is 730 g/mol. The maximum absolute atomic E-state index is 6.42. The molecule has 0 unspecified atom stereocenters. The fourth-order valence-electron chi connectivity index (χ4n) is 6.86. The third kappa shape index (κ3) is 5.76. The van der Waals surface area contributed by atoms with Gasteiger partial charge in [-0.2, -0.15) is 17.2 Å². The number of rotatable bonds is 6. The van der Waals surface area contributed by atoms with Crippen LogP contribution in [0.5, 0.6) is 11.5 Å². The van der Waals surface area contributed by atoms with E-state index in [4.69, 9.17) is 14.8 Å². The Kier molecular flexibility index (Phi) is 8.50. The second kappa shape index (κ2) is 12.9. The third-order valence-electron chi connectivity index (χ3n) is 8.98. The number of aromatic nitrogens is 5. The molecule has 8 rings (SSSR count). The van der Waals surface area contributed by atoms with Gasteiger partial charge in [0.05, 0.1) is 5.69 Å². The predicted octanol–water partition coefficient (Wildman–Crippen LogP) is 10.0. The summed E-state index contributed by atoms with van der Waals surface area (Å²) < 4.78 is 10.5. The Hall–Kier alpha value is -5.35. The molecule has 49 heavy (non-hydrogen) atoms. The fraction of sp³-hybridized carbons (Fsp3) is 0.119. The quantitative estimate of drug-likeness (QED) is 0.126. The molecule has 0 spiro atoms. The molecule has 0 saturated carbocycles. The first-order valence-corrected chi connectivity index (χ1v) is 16.0. The first-order chi connectivity index (χ1) is 23.4. The van der Waals surface area contributed by atoms with Crippen LogP contribution < -0.4 is 4.74 Å². The Morgan fingerprint density at radius 2 is 1.41 bits per heavy atom. The molecule has 0 aliphatic heterocycles. The van der Waals surface area contributed by atoms with Crippen LogP contribution in [-0.2, 0) is 20.4 Å². The van der Waals surface area contributed by atoms with Gasteiger partial charge in [-0.25, -0.2) is 4.98 Å². The zero-order chi connectivity index (χ0) is 32.9. The summed E-state index contributed by atoms with van der Waals surface area (Å²) in [4.78, 5) is 8.87. The summed E-state index contributed by atoms with van der Waals surface area (Å²) in [6.45, 7) is 10.6. The number of fused-ring (bicyclic) bond motifs is 3. The topological polar surface area (TPSA) is 57.8 Å². The van der Waals surface area contributed by atoms with Crippen molar-refractivity contribution in [3.05, 3.63) is 150 Å². The standard InChI is InChI=1S/C42H33N5O.Pd/c1-26-15-20-44-40(21-26)46-38-12-7-6-11-36(38)37-14-13-35(25-39(37)46)48-34-10-8-9-33(24-34)47-30(5)42(29(4)45-47)41-27(2)22-32(23-28(41)3)31-16-18-43-19-17-31;/h6-23H,1-5H3;/q-2;+2. The first-order valence-electron chi connectivity index (χ1n) is 16.0. The maximum Gasteiger partial charge on any atom is 2.00 e. The Morgan fingerprint density at radius 1 is 0.653 bits per heavy atom. The van der Waals surface area contributed by atoms with E-state index in [9.17, 15) is 0 Å². The van der Waals surface area contributed by atoms with Crippen LogP contribution in [0.15, 0.2) is 110 Å². The molecule has 0 saturated heterocycles. The number of hydrogen-bond donors (Lipinski definition) is 0. The fourth-order valence-corrected chi connectivity index (χ4v) is 6.86. The van der Waals surface area contributed by atoms with Gasteiger partial charge in [0.1, 0.15) is 5.82 Å². The van der Waals surface area contributed by atoms with Crippen molar-refractivity contribution >= 4 is 21.8 Å². The largest absolute Gasteiger partial charge is 2.00 e. The monoisotopic (exact) mass is 729 g/mol. The second-order valence-corrected chi connectivity index (χ2v) is 12.3. The summed E-state index contributed by atoms with van der Waals surface area (Å²) in [6.07, 6.45) is 5.51. The molecule has 7 heteroatoms. The molecule has 8 aromatic rings. The molecule has 6 nitrogen and oxygen atoms in total. The number of pyridine rings is 2. The zero-order valence-electron chi connectivity index (χ0n) is 27.9. The molecule has 0 amide bonds. The molecule has 0 radical (unpaired) electrons. The van der Waals surface area contributed by atoms with Crippen LogP contribution in [-0.4, -0.2) is 24.3 Å². The zero-order valence-corrected chi connectivity index (χ0v) is 29.4. The molecular formula is C42H33N5OPd. The van der Waals surface area contributed by atoms with E-state index in [-0.39, 0.29) is 20.4 Å². The van der Waals surface area contributed by atoms with Crippen LogP contribution in [0.4, 0.5) is 0 Å². The summed E-state index contributed by atoms with van der Waals surface area (Å²) in [7, 11) is 0. The number of nitrogens with zero attached hydrogens (tertiary/aromatic N) is 5. The van der Waals surface area contributed by atoms with E-state index in [0.29, 0.717) is 11.5 Å². The van der Waals surface area contributed by atoms with E-state index >= 15 is 0 Å². The number of hydrogen-bond acceptors (Lipinski definition) is 4. The summed E-state index contributed by atoms with van der Waals surface area (Å²) in [5.41, 5.74) is 13.0. The first kappa shape index (κ1) is 32.2. The van der Waals surface area contributed by atoms with E-state index in [1.807, 2.05) is 65.7 Å². The van der Waals surface area contributed by atoms with Crippen molar-refractivity contribution < 1.29 is 25.2 Å². The van der Waals surface area contributed by atoms with Crippen LogP contribution in [0, 0.1) is 46.8 Å². The van der Waals surface area contributed by atoms with Crippen molar-refractivity contribution in [3.63, 3.8) is 0 Å². The van der Waals surface area contributed by atoms with Crippen molar-refractivity contribution in [2.75, 3.05) is 0 Å². The van der Waals surface area contributed by atoms with Gasteiger partial charge >= 0.3 is 20.4 Å². The normalized spacial score (nSPS) is 11.2. The Bertz CT molecular complexity index is 2470. The Labute approximate surface area is 299 Å². The van der Waals surface area contributed by atoms with Crippen molar-refractivity contribution in [2.24, 2.45) is 0 Å². The SMILES string of the molecule is Cc1ccnc(-n2c3[c-]c(Oc4[c-]c(-n5nc(C)c(-c6c(C)cc(-c7ccncc7)cc6C)c5C)ccc4)ccc3c3ccccc32)c1.[Pd+2]. The van der Waals surface area contributed by atoms with Crippen LogP contribution in [0.3, 0.4) is 0 Å². The minimum Gasteiger partial charge on any atom is -0.509 e. The summed E-state index contributed by atoms with van der Waals surface area (Å²) in [5, 5.41) is 7.22. The Balaban J connectivity index is 0.00000378. The van der Waals surface area contributed by atoms with Crippen molar-refractivity contribution in [3.8, 4) is 45.3 Å². The van der Waals surface area contributed by atoms with Crippen molar-refractivity contribution in [2.45, 2.75) is 34.6 Å². The number of para-hydroxylation sites is 1. The molecular weight excluding hydrogens is 697 g/mol. The summed E-state index contributed by atoms with van der Waals surface area (Å²) in [6, 6.07) is 38.0. The number of benzene rings is 4. The van der Waals surface area contributed by atoms with Gasteiger partial charge < -0.3 is 9.30 Å². The van der Waals surface area contributed by atoms with Crippen LogP contribution in [0.1, 0.15) is 28.1 Å². The molecule has 0 N–H and O–H groups in total. The van der Waals surface area contributed by atoms with Gasteiger partial charge in [0.15, 0.2) is 0 Å². The number of aryl methyl sites for hydroxylation is 4. The minimum atomic E-state index is 0. The molecule has 0 aliphatic carbocycles. The van der Waals surface area contributed by atoms with Crippen LogP contribution in [0.25, 0.3) is 55.6 Å². The predicted molar refractivity (Wildman–Crippen MR) is 192 cm³/mol. The molecule has 242 valence electrons. The molecule has 0 fully saturated rings. The van der Waals surface area contributed by atoms with Crippen molar-refractivity contribution in [1.82, 2.24) is 24.3 Å².